The van der Waals surface area contributed by atoms with Crippen LogP contribution < -0.4 is 4.74 Å². The van der Waals surface area contributed by atoms with Crippen molar-refractivity contribution in [3.05, 3.63) is 65.2 Å². The number of aryl methyl sites for hydroxylation is 1. The van der Waals surface area contributed by atoms with Gasteiger partial charge in [-0.25, -0.2) is 0 Å². The van der Waals surface area contributed by atoms with E-state index in [4.69, 9.17) is 4.74 Å². The first kappa shape index (κ1) is 18.7. The number of hydrogen-bond acceptors (Lipinski definition) is 3. The van der Waals surface area contributed by atoms with Crippen LogP contribution in [-0.2, 0) is 6.42 Å². The zero-order chi connectivity index (χ0) is 19.3. The molecule has 1 saturated carbocycles. The molecule has 2 aliphatic rings. The summed E-state index contributed by atoms with van der Waals surface area (Å²) in [4.78, 5) is 26.1. The number of amides is 2. The lowest BCUT2D eigenvalue weighted by atomic mass is 9.85. The lowest BCUT2D eigenvalue weighted by Crippen LogP contribution is -2.33. The Morgan fingerprint density at radius 2 is 1.61 bits per heavy atom. The standard InChI is InChI=1S/C24H27NO3/c26-23-21-11-4-5-12-22(21)24(27)25(23)15-16-28-20-10-6-9-19(17-20)14-13-18-7-2-1-3-8-18/h4-6,9-12,17-18H,1-3,7-8,13-16H2. The van der Waals surface area contributed by atoms with Crippen LogP contribution in [0.15, 0.2) is 48.5 Å². The third-order valence-corrected chi connectivity index (χ3v) is 5.93. The number of nitrogens with zero attached hydrogens (tertiary/aromatic N) is 1. The summed E-state index contributed by atoms with van der Waals surface area (Å²) in [6, 6.07) is 15.2. The van der Waals surface area contributed by atoms with Crippen molar-refractivity contribution in [2.45, 2.75) is 44.9 Å². The van der Waals surface area contributed by atoms with Crippen LogP contribution >= 0.6 is 0 Å². The summed E-state index contributed by atoms with van der Waals surface area (Å²) >= 11 is 0. The number of imide groups is 1. The van der Waals surface area contributed by atoms with Gasteiger partial charge in [0, 0.05) is 0 Å². The number of carbonyl (C=O) groups excluding carboxylic acids is 2. The molecule has 0 radical (unpaired) electrons. The van der Waals surface area contributed by atoms with Gasteiger partial charge >= 0.3 is 0 Å². The summed E-state index contributed by atoms with van der Waals surface area (Å²) in [6.07, 6.45) is 9.23. The average Bonchev–Trinajstić information content (AvgIpc) is 2.98. The predicted octanol–water partition coefficient (Wildman–Crippen LogP) is 4.87. The first-order chi connectivity index (χ1) is 13.7. The van der Waals surface area contributed by atoms with Crippen molar-refractivity contribution in [1.29, 1.82) is 0 Å². The van der Waals surface area contributed by atoms with Crippen LogP contribution in [0.2, 0.25) is 0 Å². The summed E-state index contributed by atoms with van der Waals surface area (Å²) in [6.45, 7) is 0.566. The molecule has 146 valence electrons. The summed E-state index contributed by atoms with van der Waals surface area (Å²) < 4.78 is 5.85. The van der Waals surface area contributed by atoms with Crippen molar-refractivity contribution in [3.63, 3.8) is 0 Å². The number of carbonyl (C=O) groups is 2. The molecule has 1 fully saturated rings. The normalized spacial score (nSPS) is 17.1. The molecule has 28 heavy (non-hydrogen) atoms. The molecule has 2 amide bonds. The highest BCUT2D eigenvalue weighted by Gasteiger charge is 2.34. The van der Waals surface area contributed by atoms with Gasteiger partial charge in [-0.05, 0) is 48.6 Å². The molecule has 2 aromatic rings. The van der Waals surface area contributed by atoms with Crippen molar-refractivity contribution in [1.82, 2.24) is 4.90 Å². The van der Waals surface area contributed by atoms with Crippen molar-refractivity contribution in [2.75, 3.05) is 13.2 Å². The summed E-state index contributed by atoms with van der Waals surface area (Å²) in [7, 11) is 0. The Hall–Kier alpha value is -2.62. The third kappa shape index (κ3) is 4.11. The van der Waals surface area contributed by atoms with E-state index >= 15 is 0 Å². The Morgan fingerprint density at radius 3 is 2.32 bits per heavy atom. The Morgan fingerprint density at radius 1 is 0.893 bits per heavy atom. The highest BCUT2D eigenvalue weighted by atomic mass is 16.5. The smallest absolute Gasteiger partial charge is 0.261 e. The minimum atomic E-state index is -0.231. The van der Waals surface area contributed by atoms with Gasteiger partial charge in [-0.1, -0.05) is 56.4 Å². The molecule has 0 atom stereocenters. The Kier molecular flexibility index (Phi) is 5.75. The maximum absolute atomic E-state index is 12.4. The van der Waals surface area contributed by atoms with Gasteiger partial charge in [0.25, 0.3) is 11.8 Å². The predicted molar refractivity (Wildman–Crippen MR) is 109 cm³/mol. The molecule has 1 aliphatic carbocycles. The van der Waals surface area contributed by atoms with Gasteiger partial charge in [0.15, 0.2) is 0 Å². The van der Waals surface area contributed by atoms with Gasteiger partial charge in [-0.2, -0.15) is 0 Å². The third-order valence-electron chi connectivity index (χ3n) is 5.93. The lowest BCUT2D eigenvalue weighted by Gasteiger charge is -2.21. The maximum Gasteiger partial charge on any atom is 0.261 e. The van der Waals surface area contributed by atoms with E-state index in [1.165, 1.54) is 49.0 Å². The highest BCUT2D eigenvalue weighted by molar-refractivity contribution is 6.21. The highest BCUT2D eigenvalue weighted by Crippen LogP contribution is 2.28. The van der Waals surface area contributed by atoms with Crippen molar-refractivity contribution < 1.29 is 14.3 Å². The van der Waals surface area contributed by atoms with E-state index in [0.717, 1.165) is 18.1 Å². The molecule has 1 heterocycles. The quantitative estimate of drug-likeness (QED) is 0.647. The molecule has 2 aromatic carbocycles. The lowest BCUT2D eigenvalue weighted by molar-refractivity contribution is 0.0631. The number of fused-ring (bicyclic) bond motifs is 1. The zero-order valence-corrected chi connectivity index (χ0v) is 16.2. The average molecular weight is 377 g/mol. The number of rotatable bonds is 7. The van der Waals surface area contributed by atoms with E-state index in [2.05, 4.69) is 12.1 Å². The zero-order valence-electron chi connectivity index (χ0n) is 16.2. The fourth-order valence-corrected chi connectivity index (χ4v) is 4.33. The summed E-state index contributed by atoms with van der Waals surface area (Å²) in [5, 5.41) is 0. The van der Waals surface area contributed by atoms with Gasteiger partial charge in [0.05, 0.1) is 17.7 Å². The number of hydrogen-bond donors (Lipinski definition) is 0. The van der Waals surface area contributed by atoms with Crippen LogP contribution in [0.3, 0.4) is 0 Å². The van der Waals surface area contributed by atoms with E-state index in [1.807, 2.05) is 12.1 Å². The molecule has 4 nitrogen and oxygen atoms in total. The van der Waals surface area contributed by atoms with Crippen LogP contribution in [0, 0.1) is 5.92 Å². The summed E-state index contributed by atoms with van der Waals surface area (Å²) in [5.41, 5.74) is 2.26. The van der Waals surface area contributed by atoms with E-state index in [1.54, 1.807) is 24.3 Å². The molecular weight excluding hydrogens is 350 g/mol. The molecule has 1 aliphatic heterocycles. The first-order valence-electron chi connectivity index (χ1n) is 10.4. The van der Waals surface area contributed by atoms with Gasteiger partial charge in [0.1, 0.15) is 12.4 Å². The van der Waals surface area contributed by atoms with Gasteiger partial charge < -0.3 is 4.74 Å². The molecule has 0 unspecified atom stereocenters. The van der Waals surface area contributed by atoms with Crippen LogP contribution in [0.5, 0.6) is 5.75 Å². The van der Waals surface area contributed by atoms with Crippen LogP contribution in [-0.4, -0.2) is 29.9 Å². The van der Waals surface area contributed by atoms with Gasteiger partial charge in [-0.15, -0.1) is 0 Å². The van der Waals surface area contributed by atoms with Crippen LogP contribution in [0.1, 0.15) is 64.8 Å². The molecule has 4 rings (SSSR count). The van der Waals surface area contributed by atoms with E-state index in [9.17, 15) is 9.59 Å². The minimum absolute atomic E-state index is 0.231. The second kappa shape index (κ2) is 8.59. The van der Waals surface area contributed by atoms with Gasteiger partial charge in [0.2, 0.25) is 0 Å². The van der Waals surface area contributed by atoms with Crippen LogP contribution in [0.25, 0.3) is 0 Å². The van der Waals surface area contributed by atoms with Crippen LogP contribution in [0.4, 0.5) is 0 Å². The number of ether oxygens (including phenoxy) is 1. The monoisotopic (exact) mass is 377 g/mol. The molecular formula is C24H27NO3. The van der Waals surface area contributed by atoms with E-state index in [0.29, 0.717) is 17.7 Å². The molecule has 0 aromatic heterocycles. The second-order valence-corrected chi connectivity index (χ2v) is 7.85. The second-order valence-electron chi connectivity index (χ2n) is 7.85. The minimum Gasteiger partial charge on any atom is -0.492 e. The largest absolute Gasteiger partial charge is 0.492 e. The molecule has 0 N–H and O–H groups in total. The molecule has 0 spiro atoms. The molecule has 4 heteroatoms. The van der Waals surface area contributed by atoms with E-state index in [-0.39, 0.29) is 18.4 Å². The van der Waals surface area contributed by atoms with Crippen molar-refractivity contribution in [2.24, 2.45) is 5.92 Å². The fourth-order valence-electron chi connectivity index (χ4n) is 4.33. The van der Waals surface area contributed by atoms with E-state index < -0.39 is 0 Å². The first-order valence-corrected chi connectivity index (χ1v) is 10.4. The maximum atomic E-state index is 12.4. The summed E-state index contributed by atoms with van der Waals surface area (Å²) in [5.74, 6) is 1.21. The fraction of sp³-hybridized carbons (Fsp3) is 0.417. The van der Waals surface area contributed by atoms with Crippen molar-refractivity contribution in [3.8, 4) is 5.75 Å². The SMILES string of the molecule is O=C1c2ccccc2C(=O)N1CCOc1cccc(CCC2CCCCC2)c1. The number of benzene rings is 2. The van der Waals surface area contributed by atoms with Crippen molar-refractivity contribution >= 4 is 11.8 Å². The molecule has 0 bridgehead atoms. The topological polar surface area (TPSA) is 46.6 Å². The Bertz CT molecular complexity index is 819. The van der Waals surface area contributed by atoms with Gasteiger partial charge in [-0.3, -0.25) is 14.5 Å². The Labute approximate surface area is 166 Å². The molecule has 0 saturated heterocycles. The Balaban J connectivity index is 1.28.